The summed E-state index contributed by atoms with van der Waals surface area (Å²) in [6.07, 6.45) is 0. The summed E-state index contributed by atoms with van der Waals surface area (Å²) in [4.78, 5) is 0. The minimum atomic E-state index is 0.377. The van der Waals surface area contributed by atoms with Crippen molar-refractivity contribution in [2.75, 3.05) is 5.88 Å². The van der Waals surface area contributed by atoms with E-state index in [1.807, 2.05) is 12.1 Å². The molecule has 0 aliphatic carbocycles. The van der Waals surface area contributed by atoms with E-state index in [-0.39, 0.29) is 0 Å². The van der Waals surface area contributed by atoms with Gasteiger partial charge in [-0.3, -0.25) is 0 Å². The zero-order valence-corrected chi connectivity index (χ0v) is 9.31. The van der Waals surface area contributed by atoms with Crippen LogP contribution in [0, 0.1) is 18.8 Å². The van der Waals surface area contributed by atoms with Gasteiger partial charge in [0, 0.05) is 5.56 Å². The minimum absolute atomic E-state index is 0.377. The molecular formula is C14H11Cl. The maximum atomic E-state index is 5.56. The standard InChI is InChI=1S/C14H11Cl/c1-11-8-9-12(5-4-10-15)14-7-3-2-6-13(11)14/h2-3,6-9H,10H2,1H3. The van der Waals surface area contributed by atoms with Gasteiger partial charge < -0.3 is 0 Å². The molecular weight excluding hydrogens is 204 g/mol. The maximum Gasteiger partial charge on any atom is 0.0839 e. The Balaban J connectivity index is 2.72. The van der Waals surface area contributed by atoms with Crippen molar-refractivity contribution < 1.29 is 0 Å². The molecule has 0 amide bonds. The third-order valence-electron chi connectivity index (χ3n) is 2.43. The van der Waals surface area contributed by atoms with Crippen molar-refractivity contribution in [3.05, 3.63) is 47.5 Å². The molecule has 0 fully saturated rings. The van der Waals surface area contributed by atoms with Crippen molar-refractivity contribution in [1.29, 1.82) is 0 Å². The second kappa shape index (κ2) is 4.38. The Kier molecular flexibility index (Phi) is 2.94. The summed E-state index contributed by atoms with van der Waals surface area (Å²) in [5.41, 5.74) is 2.33. The molecule has 0 nitrogen and oxygen atoms in total. The SMILES string of the molecule is Cc1ccc(C#CCCl)c2ccccc12. The summed E-state index contributed by atoms with van der Waals surface area (Å²) in [7, 11) is 0. The van der Waals surface area contributed by atoms with Crippen molar-refractivity contribution in [3.8, 4) is 11.8 Å². The number of benzene rings is 2. The molecule has 1 heteroatoms. The quantitative estimate of drug-likeness (QED) is 0.463. The second-order valence-corrected chi connectivity index (χ2v) is 3.68. The van der Waals surface area contributed by atoms with Gasteiger partial charge in [0.2, 0.25) is 0 Å². The molecule has 2 rings (SSSR count). The molecule has 0 spiro atoms. The van der Waals surface area contributed by atoms with Crippen molar-refractivity contribution in [2.24, 2.45) is 0 Å². The van der Waals surface area contributed by atoms with Crippen LogP contribution in [0.25, 0.3) is 10.8 Å². The van der Waals surface area contributed by atoms with E-state index in [1.54, 1.807) is 0 Å². The smallest absolute Gasteiger partial charge is 0.0839 e. The first-order valence-corrected chi connectivity index (χ1v) is 5.39. The molecule has 15 heavy (non-hydrogen) atoms. The number of rotatable bonds is 0. The van der Waals surface area contributed by atoms with E-state index in [0.717, 1.165) is 5.56 Å². The maximum absolute atomic E-state index is 5.56. The van der Waals surface area contributed by atoms with E-state index in [0.29, 0.717) is 5.88 Å². The fourth-order valence-electron chi connectivity index (χ4n) is 1.69. The highest BCUT2D eigenvalue weighted by atomic mass is 35.5. The van der Waals surface area contributed by atoms with E-state index in [2.05, 4.69) is 43.0 Å². The van der Waals surface area contributed by atoms with Crippen LogP contribution < -0.4 is 0 Å². The Bertz CT molecular complexity index is 544. The largest absolute Gasteiger partial charge is 0.113 e. The lowest BCUT2D eigenvalue weighted by molar-refractivity contribution is 1.52. The Morgan fingerprint density at radius 2 is 1.80 bits per heavy atom. The zero-order valence-electron chi connectivity index (χ0n) is 8.55. The molecule has 74 valence electrons. The van der Waals surface area contributed by atoms with Crippen LogP contribution in [-0.4, -0.2) is 5.88 Å². The van der Waals surface area contributed by atoms with E-state index in [4.69, 9.17) is 11.6 Å². The molecule has 0 N–H and O–H groups in total. The highest BCUT2D eigenvalue weighted by molar-refractivity contribution is 6.19. The van der Waals surface area contributed by atoms with Gasteiger partial charge in [0.1, 0.15) is 0 Å². The van der Waals surface area contributed by atoms with Crippen LogP contribution in [-0.2, 0) is 0 Å². The average molecular weight is 215 g/mol. The lowest BCUT2D eigenvalue weighted by Gasteiger charge is -2.03. The molecule has 2 aromatic carbocycles. The van der Waals surface area contributed by atoms with Crippen molar-refractivity contribution in [2.45, 2.75) is 6.92 Å². The molecule has 0 heterocycles. The van der Waals surface area contributed by atoms with Gasteiger partial charge in [0.15, 0.2) is 0 Å². The van der Waals surface area contributed by atoms with Crippen LogP contribution in [0.3, 0.4) is 0 Å². The number of alkyl halides is 1. The summed E-state index contributed by atoms with van der Waals surface area (Å²) in [6.45, 7) is 2.11. The van der Waals surface area contributed by atoms with E-state index in [9.17, 15) is 0 Å². The monoisotopic (exact) mass is 214 g/mol. The number of hydrogen-bond acceptors (Lipinski definition) is 0. The summed E-state index contributed by atoms with van der Waals surface area (Å²) < 4.78 is 0. The Morgan fingerprint density at radius 3 is 2.53 bits per heavy atom. The van der Waals surface area contributed by atoms with Gasteiger partial charge in [0.25, 0.3) is 0 Å². The van der Waals surface area contributed by atoms with E-state index in [1.165, 1.54) is 16.3 Å². The second-order valence-electron chi connectivity index (χ2n) is 3.41. The molecule has 0 radical (unpaired) electrons. The number of hydrogen-bond donors (Lipinski definition) is 0. The normalized spacial score (nSPS) is 9.73. The summed E-state index contributed by atoms with van der Waals surface area (Å²) in [6, 6.07) is 12.5. The third-order valence-corrected chi connectivity index (χ3v) is 2.57. The molecule has 0 bridgehead atoms. The zero-order chi connectivity index (χ0) is 10.7. The van der Waals surface area contributed by atoms with Crippen molar-refractivity contribution in [1.82, 2.24) is 0 Å². The first kappa shape index (κ1) is 10.1. The highest BCUT2D eigenvalue weighted by Crippen LogP contribution is 2.21. The Morgan fingerprint density at radius 1 is 1.07 bits per heavy atom. The molecule has 2 aromatic rings. The Labute approximate surface area is 94.9 Å². The molecule has 0 aliphatic rings. The molecule has 0 atom stereocenters. The fourth-order valence-corrected chi connectivity index (χ4v) is 1.75. The third kappa shape index (κ3) is 1.98. The van der Waals surface area contributed by atoms with E-state index < -0.39 is 0 Å². The first-order chi connectivity index (χ1) is 7.33. The molecule has 0 saturated carbocycles. The number of aryl methyl sites for hydroxylation is 1. The van der Waals surface area contributed by atoms with Crippen LogP contribution in [0.15, 0.2) is 36.4 Å². The van der Waals surface area contributed by atoms with Crippen molar-refractivity contribution >= 4 is 22.4 Å². The first-order valence-electron chi connectivity index (χ1n) is 4.86. The molecule has 0 aliphatic heterocycles. The van der Waals surface area contributed by atoms with Gasteiger partial charge in [-0.15, -0.1) is 11.6 Å². The number of fused-ring (bicyclic) bond motifs is 1. The van der Waals surface area contributed by atoms with Gasteiger partial charge in [-0.25, -0.2) is 0 Å². The minimum Gasteiger partial charge on any atom is -0.113 e. The topological polar surface area (TPSA) is 0 Å². The van der Waals surface area contributed by atoms with E-state index >= 15 is 0 Å². The number of halogens is 1. The summed E-state index contributed by atoms with van der Waals surface area (Å²) >= 11 is 5.56. The van der Waals surface area contributed by atoms with Crippen LogP contribution in [0.4, 0.5) is 0 Å². The highest BCUT2D eigenvalue weighted by Gasteiger charge is 1.99. The lowest BCUT2D eigenvalue weighted by Crippen LogP contribution is -1.83. The van der Waals surface area contributed by atoms with Crippen LogP contribution in [0.2, 0.25) is 0 Å². The Hall–Kier alpha value is -1.45. The van der Waals surface area contributed by atoms with Crippen molar-refractivity contribution in [3.63, 3.8) is 0 Å². The van der Waals surface area contributed by atoms with Crippen LogP contribution >= 0.6 is 11.6 Å². The van der Waals surface area contributed by atoms with Gasteiger partial charge >= 0.3 is 0 Å². The van der Waals surface area contributed by atoms with Gasteiger partial charge in [0.05, 0.1) is 5.88 Å². The molecule has 0 unspecified atom stereocenters. The van der Waals surface area contributed by atoms with Crippen LogP contribution in [0.5, 0.6) is 0 Å². The van der Waals surface area contributed by atoms with Gasteiger partial charge in [-0.05, 0) is 29.3 Å². The fraction of sp³-hybridized carbons (Fsp3) is 0.143. The molecule has 0 saturated heterocycles. The lowest BCUT2D eigenvalue weighted by atomic mass is 10.0. The molecule has 0 aromatic heterocycles. The average Bonchev–Trinajstić information content (AvgIpc) is 2.29. The predicted molar refractivity (Wildman–Crippen MR) is 66.3 cm³/mol. The predicted octanol–water partition coefficient (Wildman–Crippen LogP) is 3.74. The van der Waals surface area contributed by atoms with Gasteiger partial charge in [-0.2, -0.15) is 0 Å². The summed E-state index contributed by atoms with van der Waals surface area (Å²) in [5, 5.41) is 2.47. The van der Waals surface area contributed by atoms with Crippen LogP contribution in [0.1, 0.15) is 11.1 Å². The van der Waals surface area contributed by atoms with Gasteiger partial charge in [-0.1, -0.05) is 42.2 Å². The summed E-state index contributed by atoms with van der Waals surface area (Å²) in [5.74, 6) is 6.35.